The average molecular weight is 270 g/mol. The second-order valence-electron chi connectivity index (χ2n) is 7.41. The lowest BCUT2D eigenvalue weighted by molar-refractivity contribution is -0.118. The minimum atomic E-state index is 0.271. The van der Waals surface area contributed by atoms with Crippen LogP contribution in [0.1, 0.15) is 56.1 Å². The molecule has 2 heteroatoms. The molecule has 1 aromatic carbocycles. The highest BCUT2D eigenvalue weighted by Crippen LogP contribution is 2.60. The molecule has 4 atom stereocenters. The van der Waals surface area contributed by atoms with Crippen molar-refractivity contribution in [3.8, 4) is 5.75 Å². The number of phenolic OH excluding ortho intramolecular Hbond substituents is 1. The second-order valence-corrected chi connectivity index (χ2v) is 7.41. The van der Waals surface area contributed by atoms with Gasteiger partial charge in [0.1, 0.15) is 11.5 Å². The van der Waals surface area contributed by atoms with E-state index in [9.17, 15) is 9.90 Å². The van der Waals surface area contributed by atoms with Crippen LogP contribution < -0.4 is 0 Å². The van der Waals surface area contributed by atoms with Gasteiger partial charge in [-0.25, -0.2) is 0 Å². The summed E-state index contributed by atoms with van der Waals surface area (Å²) in [6, 6.07) is 5.90. The third kappa shape index (κ3) is 1.66. The van der Waals surface area contributed by atoms with E-state index >= 15 is 0 Å². The maximum absolute atomic E-state index is 11.9. The Balaban J connectivity index is 1.72. The molecule has 0 spiro atoms. The summed E-state index contributed by atoms with van der Waals surface area (Å²) in [4.78, 5) is 11.9. The van der Waals surface area contributed by atoms with Crippen LogP contribution in [0, 0.1) is 17.3 Å². The number of rotatable bonds is 0. The van der Waals surface area contributed by atoms with Crippen LogP contribution in [-0.4, -0.2) is 10.9 Å². The van der Waals surface area contributed by atoms with E-state index in [4.69, 9.17) is 0 Å². The fraction of sp³-hybridized carbons (Fsp3) is 0.611. The normalized spacial score (nSPS) is 39.0. The van der Waals surface area contributed by atoms with Crippen molar-refractivity contribution in [2.45, 2.75) is 51.4 Å². The number of carbonyl (C=O) groups excluding carboxylic acids is 1. The molecule has 20 heavy (non-hydrogen) atoms. The molecule has 0 radical (unpaired) electrons. The number of hydrogen-bond donors (Lipinski definition) is 1. The summed E-state index contributed by atoms with van der Waals surface area (Å²) >= 11 is 0. The number of aromatic hydroxyl groups is 1. The average Bonchev–Trinajstić information content (AvgIpc) is 2.72. The van der Waals surface area contributed by atoms with Crippen molar-refractivity contribution in [3.63, 3.8) is 0 Å². The van der Waals surface area contributed by atoms with E-state index in [1.165, 1.54) is 30.4 Å². The van der Waals surface area contributed by atoms with Crippen molar-refractivity contribution in [2.24, 2.45) is 17.3 Å². The van der Waals surface area contributed by atoms with Crippen molar-refractivity contribution >= 4 is 5.78 Å². The molecule has 2 fully saturated rings. The van der Waals surface area contributed by atoms with Crippen LogP contribution in [0.4, 0.5) is 0 Å². The Morgan fingerprint density at radius 3 is 3.00 bits per heavy atom. The zero-order valence-electron chi connectivity index (χ0n) is 12.1. The monoisotopic (exact) mass is 270 g/mol. The molecule has 0 bridgehead atoms. The molecule has 0 aromatic heterocycles. The van der Waals surface area contributed by atoms with E-state index in [0.29, 0.717) is 29.3 Å². The SMILES string of the molecule is CC12CCC3c4ccc(O)cc4CCC3C1CC(=O)C2. The molecule has 0 heterocycles. The van der Waals surface area contributed by atoms with E-state index in [-0.39, 0.29) is 5.41 Å². The number of aryl methyl sites for hydroxylation is 1. The van der Waals surface area contributed by atoms with Gasteiger partial charge in [0.05, 0.1) is 0 Å². The van der Waals surface area contributed by atoms with Gasteiger partial charge in [-0.3, -0.25) is 4.79 Å². The first kappa shape index (κ1) is 12.4. The van der Waals surface area contributed by atoms with Crippen molar-refractivity contribution < 1.29 is 9.90 Å². The first-order valence-corrected chi connectivity index (χ1v) is 7.90. The molecule has 106 valence electrons. The van der Waals surface area contributed by atoms with Crippen LogP contribution in [0.15, 0.2) is 18.2 Å². The van der Waals surface area contributed by atoms with Gasteiger partial charge in [0, 0.05) is 12.8 Å². The van der Waals surface area contributed by atoms with E-state index in [1.54, 1.807) is 0 Å². The van der Waals surface area contributed by atoms with E-state index in [1.807, 2.05) is 12.1 Å². The van der Waals surface area contributed by atoms with Gasteiger partial charge in [0.25, 0.3) is 0 Å². The predicted molar refractivity (Wildman–Crippen MR) is 77.7 cm³/mol. The van der Waals surface area contributed by atoms with Gasteiger partial charge in [-0.15, -0.1) is 0 Å². The van der Waals surface area contributed by atoms with Crippen molar-refractivity contribution in [3.05, 3.63) is 29.3 Å². The Labute approximate surface area is 120 Å². The van der Waals surface area contributed by atoms with Gasteiger partial charge in [-0.2, -0.15) is 0 Å². The molecule has 3 aliphatic carbocycles. The Hall–Kier alpha value is -1.31. The molecule has 0 aliphatic heterocycles. The smallest absolute Gasteiger partial charge is 0.133 e. The largest absolute Gasteiger partial charge is 0.508 e. The number of Topliss-reactive ketones (excluding diaryl/α,β-unsaturated/α-hetero) is 1. The topological polar surface area (TPSA) is 37.3 Å². The summed E-state index contributed by atoms with van der Waals surface area (Å²) in [6.07, 6.45) is 6.27. The zero-order chi connectivity index (χ0) is 13.9. The summed E-state index contributed by atoms with van der Waals surface area (Å²) in [5.74, 6) is 2.75. The number of ketones is 1. The fourth-order valence-electron chi connectivity index (χ4n) is 5.35. The number of fused-ring (bicyclic) bond motifs is 5. The van der Waals surface area contributed by atoms with Crippen molar-refractivity contribution in [1.29, 1.82) is 0 Å². The molecular formula is C18H22O2. The molecule has 3 aliphatic rings. The molecule has 0 saturated heterocycles. The maximum atomic E-state index is 11.9. The molecule has 0 amide bonds. The fourth-order valence-corrected chi connectivity index (χ4v) is 5.35. The number of benzene rings is 1. The van der Waals surface area contributed by atoms with Gasteiger partial charge in [0.2, 0.25) is 0 Å². The highest BCUT2D eigenvalue weighted by molar-refractivity contribution is 5.82. The van der Waals surface area contributed by atoms with Gasteiger partial charge >= 0.3 is 0 Å². The van der Waals surface area contributed by atoms with Gasteiger partial charge < -0.3 is 5.11 Å². The lowest BCUT2D eigenvalue weighted by atomic mass is 9.56. The minimum absolute atomic E-state index is 0.271. The van der Waals surface area contributed by atoms with Crippen LogP contribution in [-0.2, 0) is 11.2 Å². The van der Waals surface area contributed by atoms with Crippen LogP contribution in [0.2, 0.25) is 0 Å². The van der Waals surface area contributed by atoms with Crippen LogP contribution in [0.3, 0.4) is 0 Å². The zero-order valence-corrected chi connectivity index (χ0v) is 12.1. The van der Waals surface area contributed by atoms with Gasteiger partial charge in [0.15, 0.2) is 0 Å². The predicted octanol–water partition coefficient (Wildman–Crippen LogP) is 3.82. The molecule has 4 rings (SSSR count). The minimum Gasteiger partial charge on any atom is -0.508 e. The van der Waals surface area contributed by atoms with Gasteiger partial charge in [-0.1, -0.05) is 13.0 Å². The third-order valence-corrected chi connectivity index (χ3v) is 6.28. The molecule has 1 aromatic rings. The lowest BCUT2D eigenvalue weighted by Crippen LogP contribution is -2.39. The molecule has 1 N–H and O–H groups in total. The maximum Gasteiger partial charge on any atom is 0.133 e. The summed E-state index contributed by atoms with van der Waals surface area (Å²) in [7, 11) is 0. The molecule has 2 nitrogen and oxygen atoms in total. The molecular weight excluding hydrogens is 248 g/mol. The number of hydrogen-bond acceptors (Lipinski definition) is 2. The Bertz CT molecular complexity index is 577. The molecule has 2 saturated carbocycles. The number of phenols is 1. The summed E-state index contributed by atoms with van der Waals surface area (Å²) in [5, 5.41) is 9.67. The number of carbonyl (C=O) groups is 1. The van der Waals surface area contributed by atoms with Crippen LogP contribution in [0.25, 0.3) is 0 Å². The summed E-state index contributed by atoms with van der Waals surface area (Å²) in [6.45, 7) is 2.34. The highest BCUT2D eigenvalue weighted by atomic mass is 16.3. The van der Waals surface area contributed by atoms with Gasteiger partial charge in [-0.05, 0) is 72.1 Å². The Morgan fingerprint density at radius 2 is 2.15 bits per heavy atom. The van der Waals surface area contributed by atoms with E-state index in [0.717, 1.165) is 19.3 Å². The Morgan fingerprint density at radius 1 is 1.30 bits per heavy atom. The first-order valence-electron chi connectivity index (χ1n) is 7.90. The van der Waals surface area contributed by atoms with Crippen LogP contribution >= 0.6 is 0 Å². The third-order valence-electron chi connectivity index (χ3n) is 6.28. The highest BCUT2D eigenvalue weighted by Gasteiger charge is 2.52. The quantitative estimate of drug-likeness (QED) is 0.778. The summed E-state index contributed by atoms with van der Waals surface area (Å²) < 4.78 is 0. The standard InChI is InChI=1S/C18H22O2/c1-18-7-6-15-14-5-3-12(19)8-11(14)2-4-16(15)17(18)9-13(20)10-18/h3,5,8,15-17,19H,2,4,6-7,9-10H2,1H3. The Kier molecular flexibility index (Phi) is 2.55. The van der Waals surface area contributed by atoms with Crippen LogP contribution in [0.5, 0.6) is 5.75 Å². The second kappa shape index (κ2) is 4.09. The lowest BCUT2D eigenvalue weighted by Gasteiger charge is -2.48. The van der Waals surface area contributed by atoms with E-state index < -0.39 is 0 Å². The van der Waals surface area contributed by atoms with E-state index in [2.05, 4.69) is 13.0 Å². The summed E-state index contributed by atoms with van der Waals surface area (Å²) in [5.41, 5.74) is 3.05. The van der Waals surface area contributed by atoms with Crippen molar-refractivity contribution in [2.75, 3.05) is 0 Å². The molecule has 4 unspecified atom stereocenters. The first-order chi connectivity index (χ1) is 9.57. The van der Waals surface area contributed by atoms with Crippen molar-refractivity contribution in [1.82, 2.24) is 0 Å².